The number of fused-ring (bicyclic) bond motifs is 3. The van der Waals surface area contributed by atoms with Gasteiger partial charge in [0, 0.05) is 37.2 Å². The largest absolute Gasteiger partial charge is 0.337 e. The van der Waals surface area contributed by atoms with E-state index in [0.29, 0.717) is 35.0 Å². The number of nitrogens with zero attached hydrogens (tertiary/aromatic N) is 3. The summed E-state index contributed by atoms with van der Waals surface area (Å²) in [4.78, 5) is 15.4. The van der Waals surface area contributed by atoms with Crippen LogP contribution in [0.4, 0.5) is 0 Å². The van der Waals surface area contributed by atoms with Crippen molar-refractivity contribution in [3.8, 4) is 11.3 Å². The molecule has 1 unspecified atom stereocenters. The second-order valence-corrected chi connectivity index (χ2v) is 9.66. The zero-order chi connectivity index (χ0) is 20.2. The van der Waals surface area contributed by atoms with E-state index >= 15 is 0 Å². The minimum Gasteiger partial charge on any atom is -0.337 e. The van der Waals surface area contributed by atoms with Crippen molar-refractivity contribution in [3.05, 3.63) is 71.4 Å². The molecule has 0 saturated carbocycles. The second-order valence-electron chi connectivity index (χ2n) is 7.70. The highest BCUT2D eigenvalue weighted by Gasteiger charge is 2.37. The fourth-order valence-electron chi connectivity index (χ4n) is 4.51. The van der Waals surface area contributed by atoms with Crippen molar-refractivity contribution >= 4 is 15.7 Å². The van der Waals surface area contributed by atoms with Crippen molar-refractivity contribution in [2.75, 3.05) is 13.1 Å². The van der Waals surface area contributed by atoms with Crippen LogP contribution in [0, 0.1) is 0 Å². The van der Waals surface area contributed by atoms with Crippen molar-refractivity contribution < 1.29 is 13.2 Å². The summed E-state index contributed by atoms with van der Waals surface area (Å²) >= 11 is 0. The summed E-state index contributed by atoms with van der Waals surface area (Å²) in [5, 5.41) is 4.46. The van der Waals surface area contributed by atoms with Gasteiger partial charge in [0.05, 0.1) is 16.3 Å². The summed E-state index contributed by atoms with van der Waals surface area (Å²) in [5.41, 5.74) is 3.33. The van der Waals surface area contributed by atoms with E-state index in [-0.39, 0.29) is 17.4 Å². The Kier molecular flexibility index (Phi) is 4.10. The zero-order valence-electron chi connectivity index (χ0n) is 16.1. The van der Waals surface area contributed by atoms with Gasteiger partial charge in [-0.15, -0.1) is 0 Å². The van der Waals surface area contributed by atoms with Crippen LogP contribution in [0.5, 0.6) is 0 Å². The molecule has 1 saturated heterocycles. The maximum atomic E-state index is 13.3. The van der Waals surface area contributed by atoms with Gasteiger partial charge in [0.2, 0.25) is 0 Å². The minimum absolute atomic E-state index is 0.185. The molecular formula is C22H21N3O3S. The van der Waals surface area contributed by atoms with E-state index < -0.39 is 9.84 Å². The number of amides is 1. The van der Waals surface area contributed by atoms with E-state index in [9.17, 15) is 13.2 Å². The number of likely N-dealkylation sites (tertiary alicyclic amines) is 1. The van der Waals surface area contributed by atoms with Crippen LogP contribution < -0.4 is 0 Å². The van der Waals surface area contributed by atoms with Gasteiger partial charge in [0.25, 0.3) is 5.91 Å². The number of benzene rings is 2. The molecule has 3 aromatic rings. The Morgan fingerprint density at radius 1 is 1.07 bits per heavy atom. The summed E-state index contributed by atoms with van der Waals surface area (Å²) < 4.78 is 27.3. The molecule has 2 aliphatic rings. The number of aromatic nitrogens is 2. The molecule has 0 aliphatic carbocycles. The van der Waals surface area contributed by atoms with E-state index in [2.05, 4.69) is 17.2 Å². The fourth-order valence-corrected chi connectivity index (χ4v) is 6.10. The van der Waals surface area contributed by atoms with Crippen LogP contribution in [0.2, 0.25) is 0 Å². The summed E-state index contributed by atoms with van der Waals surface area (Å²) in [6.07, 6.45) is 0.895. The summed E-state index contributed by atoms with van der Waals surface area (Å²) in [5.74, 6) is -0.0801. The van der Waals surface area contributed by atoms with E-state index in [1.807, 2.05) is 24.3 Å². The third-order valence-corrected chi connectivity index (χ3v) is 7.60. The lowest BCUT2D eigenvalue weighted by atomic mass is 9.99. The van der Waals surface area contributed by atoms with Gasteiger partial charge in [0.15, 0.2) is 15.5 Å². The molecule has 2 aliphatic heterocycles. The SMILES string of the molecule is Cn1nc(C(=O)N2CCC(c3ccccc3)C2)c2c1-c1ccccc1S(=O)(=O)C2. The van der Waals surface area contributed by atoms with Crippen molar-refractivity contribution in [2.45, 2.75) is 23.0 Å². The molecule has 0 spiro atoms. The first kappa shape index (κ1) is 18.1. The van der Waals surface area contributed by atoms with Crippen LogP contribution in [-0.4, -0.2) is 42.1 Å². The summed E-state index contributed by atoms with van der Waals surface area (Å²) in [6, 6.07) is 17.1. The molecular weight excluding hydrogens is 386 g/mol. The van der Waals surface area contributed by atoms with Crippen molar-refractivity contribution in [2.24, 2.45) is 7.05 Å². The highest BCUT2D eigenvalue weighted by Crippen LogP contribution is 2.39. The van der Waals surface area contributed by atoms with Crippen molar-refractivity contribution in [3.63, 3.8) is 0 Å². The molecule has 3 heterocycles. The first-order chi connectivity index (χ1) is 14.0. The number of aryl methyl sites for hydroxylation is 1. The lowest BCUT2D eigenvalue weighted by molar-refractivity contribution is 0.0783. The monoisotopic (exact) mass is 407 g/mol. The molecule has 0 radical (unpaired) electrons. The van der Waals surface area contributed by atoms with E-state index in [1.54, 1.807) is 34.8 Å². The van der Waals surface area contributed by atoms with Crippen molar-refractivity contribution in [1.82, 2.24) is 14.7 Å². The van der Waals surface area contributed by atoms with Gasteiger partial charge in [-0.2, -0.15) is 5.10 Å². The molecule has 1 aromatic heterocycles. The zero-order valence-corrected chi connectivity index (χ0v) is 16.9. The Morgan fingerprint density at radius 3 is 2.59 bits per heavy atom. The Morgan fingerprint density at radius 2 is 1.79 bits per heavy atom. The number of hydrogen-bond acceptors (Lipinski definition) is 4. The maximum Gasteiger partial charge on any atom is 0.274 e. The van der Waals surface area contributed by atoms with Crippen LogP contribution in [-0.2, 0) is 22.6 Å². The molecule has 1 fully saturated rings. The molecule has 29 heavy (non-hydrogen) atoms. The lowest BCUT2D eigenvalue weighted by Gasteiger charge is -2.19. The minimum atomic E-state index is -3.50. The van der Waals surface area contributed by atoms with Gasteiger partial charge in [-0.25, -0.2) is 8.42 Å². The lowest BCUT2D eigenvalue weighted by Crippen LogP contribution is -2.30. The quantitative estimate of drug-likeness (QED) is 0.655. The van der Waals surface area contributed by atoms with Gasteiger partial charge in [-0.05, 0) is 18.1 Å². The molecule has 5 rings (SSSR count). The molecule has 2 aromatic carbocycles. The molecule has 7 heteroatoms. The van der Waals surface area contributed by atoms with Gasteiger partial charge >= 0.3 is 0 Å². The van der Waals surface area contributed by atoms with Crippen LogP contribution in [0.25, 0.3) is 11.3 Å². The number of rotatable bonds is 2. The molecule has 1 atom stereocenters. The second kappa shape index (κ2) is 6.56. The first-order valence-corrected chi connectivity index (χ1v) is 11.3. The van der Waals surface area contributed by atoms with Crippen LogP contribution in [0.1, 0.15) is 34.0 Å². The number of carbonyl (C=O) groups excluding carboxylic acids is 1. The maximum absolute atomic E-state index is 13.3. The molecule has 0 bridgehead atoms. The summed E-state index contributed by atoms with van der Waals surface area (Å²) in [6.45, 7) is 1.27. The normalized spacial score (nSPS) is 19.6. The summed E-state index contributed by atoms with van der Waals surface area (Å²) in [7, 11) is -1.73. The molecule has 148 valence electrons. The van der Waals surface area contributed by atoms with Crippen LogP contribution in [0.15, 0.2) is 59.5 Å². The topological polar surface area (TPSA) is 72.3 Å². The molecule has 0 N–H and O–H groups in total. The predicted octanol–water partition coefficient (Wildman–Crippen LogP) is 3.00. The number of sulfone groups is 1. The van der Waals surface area contributed by atoms with Gasteiger partial charge < -0.3 is 4.90 Å². The van der Waals surface area contributed by atoms with Gasteiger partial charge in [-0.3, -0.25) is 9.48 Å². The average Bonchev–Trinajstić information content (AvgIpc) is 3.33. The molecule has 1 amide bonds. The standard InChI is InChI=1S/C22H21N3O3S/c1-24-21-17-9-5-6-10-19(17)29(27,28)14-18(21)20(23-24)22(26)25-12-11-16(13-25)15-7-3-2-4-8-15/h2-10,16H,11-14H2,1H3. The third-order valence-electron chi connectivity index (χ3n) is 5.91. The van der Waals surface area contributed by atoms with E-state index in [4.69, 9.17) is 0 Å². The van der Waals surface area contributed by atoms with E-state index in [1.165, 1.54) is 5.56 Å². The Bertz CT molecular complexity index is 1220. The Labute approximate surface area is 169 Å². The first-order valence-electron chi connectivity index (χ1n) is 9.68. The number of hydrogen-bond donors (Lipinski definition) is 0. The van der Waals surface area contributed by atoms with Gasteiger partial charge in [-0.1, -0.05) is 48.5 Å². The van der Waals surface area contributed by atoms with Crippen LogP contribution in [0.3, 0.4) is 0 Å². The van der Waals surface area contributed by atoms with Crippen molar-refractivity contribution in [1.29, 1.82) is 0 Å². The fraction of sp³-hybridized carbons (Fsp3) is 0.273. The average molecular weight is 407 g/mol. The Hall–Kier alpha value is -2.93. The Balaban J connectivity index is 1.51. The molecule has 6 nitrogen and oxygen atoms in total. The van der Waals surface area contributed by atoms with E-state index in [0.717, 1.165) is 12.1 Å². The predicted molar refractivity (Wildman–Crippen MR) is 109 cm³/mol. The van der Waals surface area contributed by atoms with Crippen LogP contribution >= 0.6 is 0 Å². The third kappa shape index (κ3) is 2.88. The highest BCUT2D eigenvalue weighted by molar-refractivity contribution is 7.90. The highest BCUT2D eigenvalue weighted by atomic mass is 32.2. The van der Waals surface area contributed by atoms with Gasteiger partial charge in [0.1, 0.15) is 0 Å². The number of carbonyl (C=O) groups is 1. The smallest absolute Gasteiger partial charge is 0.274 e.